The quantitative estimate of drug-likeness (QED) is 0.527. The number of hydrogen-bond acceptors (Lipinski definition) is 4. The molecule has 98 valence electrons. The van der Waals surface area contributed by atoms with Crippen molar-refractivity contribution >= 4 is 16.7 Å². The molecule has 4 aromatic rings. The molecule has 0 amide bonds. The molecule has 0 bridgehead atoms. The molecule has 0 radical (unpaired) electrons. The van der Waals surface area contributed by atoms with Gasteiger partial charge >= 0.3 is 0 Å². The molecule has 0 aromatic carbocycles. The van der Waals surface area contributed by atoms with Crippen LogP contribution < -0.4 is 0 Å². The Morgan fingerprint density at radius 2 is 2.10 bits per heavy atom. The van der Waals surface area contributed by atoms with Crippen LogP contribution in [0, 0.1) is 6.92 Å². The second-order valence-corrected chi connectivity index (χ2v) is 4.84. The molecule has 6 nitrogen and oxygen atoms in total. The van der Waals surface area contributed by atoms with Crippen LogP contribution in [0.5, 0.6) is 0 Å². The fraction of sp³-hybridized carbons (Fsp3) is 0.143. The van der Waals surface area contributed by atoms with Crippen LogP contribution in [-0.2, 0) is 7.05 Å². The summed E-state index contributed by atoms with van der Waals surface area (Å²) in [5, 5.41) is 9.56. The van der Waals surface area contributed by atoms with Crippen LogP contribution in [0.15, 0.2) is 36.9 Å². The van der Waals surface area contributed by atoms with Gasteiger partial charge in [0.25, 0.3) is 0 Å². The van der Waals surface area contributed by atoms with Gasteiger partial charge in [0.2, 0.25) is 0 Å². The van der Waals surface area contributed by atoms with Crippen LogP contribution >= 0.6 is 0 Å². The van der Waals surface area contributed by atoms with Gasteiger partial charge in [-0.15, -0.1) is 0 Å². The molecule has 20 heavy (non-hydrogen) atoms. The number of fused-ring (bicyclic) bond motifs is 2. The lowest BCUT2D eigenvalue weighted by atomic mass is 10.1. The van der Waals surface area contributed by atoms with Gasteiger partial charge in [-0.05, 0) is 30.7 Å². The number of hydrogen-bond donors (Lipinski definition) is 0. The summed E-state index contributed by atoms with van der Waals surface area (Å²) >= 11 is 0. The smallest absolute Gasteiger partial charge is 0.181 e. The third-order valence-electron chi connectivity index (χ3n) is 3.39. The number of nitrogens with zero attached hydrogens (tertiary/aromatic N) is 6. The van der Waals surface area contributed by atoms with Crippen LogP contribution in [0.1, 0.15) is 5.56 Å². The molecule has 0 aliphatic carbocycles. The van der Waals surface area contributed by atoms with Crippen LogP contribution in [0.3, 0.4) is 0 Å². The number of aryl methyl sites for hydroxylation is 2. The van der Waals surface area contributed by atoms with Gasteiger partial charge in [-0.25, -0.2) is 14.5 Å². The summed E-state index contributed by atoms with van der Waals surface area (Å²) < 4.78 is 3.52. The van der Waals surface area contributed by atoms with Crippen molar-refractivity contribution in [3.63, 3.8) is 0 Å². The minimum Gasteiger partial charge on any atom is -0.273 e. The Labute approximate surface area is 114 Å². The van der Waals surface area contributed by atoms with Crippen molar-refractivity contribution in [3.05, 3.63) is 42.5 Å². The maximum atomic E-state index is 4.63. The van der Waals surface area contributed by atoms with E-state index in [1.807, 2.05) is 31.6 Å². The fourth-order valence-corrected chi connectivity index (χ4v) is 2.39. The molecule has 0 spiro atoms. The van der Waals surface area contributed by atoms with E-state index in [9.17, 15) is 0 Å². The predicted molar refractivity (Wildman–Crippen MR) is 75.2 cm³/mol. The number of rotatable bonds is 1. The minimum atomic E-state index is 0.767. The largest absolute Gasteiger partial charge is 0.273 e. The van der Waals surface area contributed by atoms with Crippen molar-refractivity contribution < 1.29 is 0 Å². The van der Waals surface area contributed by atoms with Gasteiger partial charge < -0.3 is 0 Å². The standard InChI is InChI=1S/C14H12N6/c1-9-5-12(17-14-11(9)7-19(2)18-14)10-3-4-20-13(6-10)15-8-16-20/h3-8H,1-2H3. The van der Waals surface area contributed by atoms with E-state index in [2.05, 4.69) is 33.2 Å². The second-order valence-electron chi connectivity index (χ2n) is 4.84. The van der Waals surface area contributed by atoms with Gasteiger partial charge in [-0.2, -0.15) is 10.2 Å². The lowest BCUT2D eigenvalue weighted by molar-refractivity contribution is 0.776. The molecule has 4 heterocycles. The topological polar surface area (TPSA) is 60.9 Å². The van der Waals surface area contributed by atoms with E-state index in [4.69, 9.17) is 0 Å². The third kappa shape index (κ3) is 1.58. The molecule has 0 fully saturated rings. The Kier molecular flexibility index (Phi) is 2.14. The van der Waals surface area contributed by atoms with E-state index >= 15 is 0 Å². The molecular formula is C14H12N6. The maximum Gasteiger partial charge on any atom is 0.181 e. The molecule has 0 saturated heterocycles. The van der Waals surface area contributed by atoms with Crippen LogP contribution in [0.2, 0.25) is 0 Å². The molecule has 0 atom stereocenters. The zero-order chi connectivity index (χ0) is 13.7. The SMILES string of the molecule is Cc1cc(-c2ccn3ncnc3c2)nc2nn(C)cc12. The molecule has 0 unspecified atom stereocenters. The Bertz CT molecular complexity index is 933. The summed E-state index contributed by atoms with van der Waals surface area (Å²) in [4.78, 5) is 8.83. The lowest BCUT2D eigenvalue weighted by Crippen LogP contribution is -1.91. The van der Waals surface area contributed by atoms with Gasteiger partial charge in [0.1, 0.15) is 6.33 Å². The Hall–Kier alpha value is -2.76. The highest BCUT2D eigenvalue weighted by Crippen LogP contribution is 2.24. The zero-order valence-electron chi connectivity index (χ0n) is 11.1. The molecule has 4 aromatic heterocycles. The number of aromatic nitrogens is 6. The van der Waals surface area contributed by atoms with Crippen molar-refractivity contribution in [1.82, 2.24) is 29.4 Å². The lowest BCUT2D eigenvalue weighted by Gasteiger charge is -2.03. The van der Waals surface area contributed by atoms with Crippen molar-refractivity contribution in [2.24, 2.45) is 7.05 Å². The molecular weight excluding hydrogens is 252 g/mol. The van der Waals surface area contributed by atoms with Crippen LogP contribution in [-0.4, -0.2) is 29.4 Å². The van der Waals surface area contributed by atoms with Crippen molar-refractivity contribution in [1.29, 1.82) is 0 Å². The van der Waals surface area contributed by atoms with Crippen LogP contribution in [0.25, 0.3) is 27.9 Å². The average Bonchev–Trinajstić information content (AvgIpc) is 3.03. The summed E-state index contributed by atoms with van der Waals surface area (Å²) in [5.74, 6) is 0. The summed E-state index contributed by atoms with van der Waals surface area (Å²) in [6.45, 7) is 2.07. The first-order valence-electron chi connectivity index (χ1n) is 6.31. The Morgan fingerprint density at radius 3 is 3.00 bits per heavy atom. The van der Waals surface area contributed by atoms with Gasteiger partial charge in [-0.1, -0.05) is 0 Å². The number of pyridine rings is 2. The first-order valence-corrected chi connectivity index (χ1v) is 6.31. The monoisotopic (exact) mass is 264 g/mol. The van der Waals surface area contributed by atoms with Gasteiger partial charge in [0.05, 0.1) is 5.69 Å². The van der Waals surface area contributed by atoms with E-state index in [1.54, 1.807) is 15.5 Å². The van der Waals surface area contributed by atoms with Crippen molar-refractivity contribution in [2.75, 3.05) is 0 Å². The summed E-state index contributed by atoms with van der Waals surface area (Å²) in [5.41, 5.74) is 4.66. The van der Waals surface area contributed by atoms with E-state index in [-0.39, 0.29) is 0 Å². The predicted octanol–water partition coefficient (Wildman–Crippen LogP) is 1.99. The normalized spacial score (nSPS) is 11.5. The first-order chi connectivity index (χ1) is 9.70. The van der Waals surface area contributed by atoms with Gasteiger partial charge in [-0.3, -0.25) is 4.68 Å². The summed E-state index contributed by atoms with van der Waals surface area (Å²) in [6.07, 6.45) is 5.42. The zero-order valence-corrected chi connectivity index (χ0v) is 11.1. The van der Waals surface area contributed by atoms with Gasteiger partial charge in [0.15, 0.2) is 11.3 Å². The molecule has 4 rings (SSSR count). The van der Waals surface area contributed by atoms with E-state index in [1.165, 1.54) is 5.56 Å². The first kappa shape index (κ1) is 11.1. The summed E-state index contributed by atoms with van der Waals surface area (Å²) in [6, 6.07) is 6.04. The van der Waals surface area contributed by atoms with Crippen molar-refractivity contribution in [2.45, 2.75) is 6.92 Å². The maximum absolute atomic E-state index is 4.63. The Balaban J connectivity index is 1.96. The van der Waals surface area contributed by atoms with Gasteiger partial charge in [0, 0.05) is 30.4 Å². The van der Waals surface area contributed by atoms with Crippen LogP contribution in [0.4, 0.5) is 0 Å². The second kappa shape index (κ2) is 3.86. The fourth-order valence-electron chi connectivity index (χ4n) is 2.39. The minimum absolute atomic E-state index is 0.767. The molecule has 0 N–H and O–H groups in total. The molecule has 0 aliphatic heterocycles. The van der Waals surface area contributed by atoms with E-state index in [0.29, 0.717) is 0 Å². The molecule has 6 heteroatoms. The summed E-state index contributed by atoms with van der Waals surface area (Å²) in [7, 11) is 1.91. The Morgan fingerprint density at radius 1 is 1.20 bits per heavy atom. The highest BCUT2D eigenvalue weighted by atomic mass is 15.3. The van der Waals surface area contributed by atoms with E-state index in [0.717, 1.165) is 27.9 Å². The highest BCUT2D eigenvalue weighted by molar-refractivity contribution is 5.82. The van der Waals surface area contributed by atoms with Crippen molar-refractivity contribution in [3.8, 4) is 11.3 Å². The third-order valence-corrected chi connectivity index (χ3v) is 3.39. The molecule has 0 aliphatic rings. The highest BCUT2D eigenvalue weighted by Gasteiger charge is 2.09. The molecule has 0 saturated carbocycles. The average molecular weight is 264 g/mol. The van der Waals surface area contributed by atoms with E-state index < -0.39 is 0 Å².